The first-order valence-electron chi connectivity index (χ1n) is 6.07. The van der Waals surface area contributed by atoms with Crippen LogP contribution in [0.2, 0.25) is 0 Å². The third-order valence-electron chi connectivity index (χ3n) is 3.10. The van der Waals surface area contributed by atoms with E-state index in [0.29, 0.717) is 25.9 Å². The van der Waals surface area contributed by atoms with Crippen LogP contribution in [0.4, 0.5) is 10.5 Å². The molecule has 1 heterocycles. The van der Waals surface area contributed by atoms with Gasteiger partial charge in [-0.05, 0) is 31.2 Å². The Labute approximate surface area is 111 Å². The highest BCUT2D eigenvalue weighted by molar-refractivity contribution is 7.98. The van der Waals surface area contributed by atoms with Crippen molar-refractivity contribution in [2.75, 3.05) is 24.7 Å². The van der Waals surface area contributed by atoms with E-state index in [-0.39, 0.29) is 12.1 Å². The van der Waals surface area contributed by atoms with Crippen LogP contribution in [0.5, 0.6) is 0 Å². The molecule has 1 aromatic carbocycles. The van der Waals surface area contributed by atoms with Crippen LogP contribution in [0.1, 0.15) is 12.8 Å². The average Bonchev–Trinajstić information content (AvgIpc) is 2.40. The van der Waals surface area contributed by atoms with Crippen molar-refractivity contribution in [2.24, 2.45) is 0 Å². The average molecular weight is 266 g/mol. The van der Waals surface area contributed by atoms with Crippen molar-refractivity contribution in [1.82, 2.24) is 4.90 Å². The molecule has 0 bridgehead atoms. The summed E-state index contributed by atoms with van der Waals surface area (Å²) >= 11 is 1.61. The number of hydrogen-bond donors (Lipinski definition) is 2. The first kappa shape index (κ1) is 13.2. The van der Waals surface area contributed by atoms with Crippen LogP contribution >= 0.6 is 11.8 Å². The van der Waals surface area contributed by atoms with Crippen molar-refractivity contribution < 1.29 is 9.90 Å². The van der Waals surface area contributed by atoms with E-state index in [2.05, 4.69) is 5.32 Å². The zero-order valence-electron chi connectivity index (χ0n) is 10.4. The van der Waals surface area contributed by atoms with Crippen molar-refractivity contribution >= 4 is 23.5 Å². The monoisotopic (exact) mass is 266 g/mol. The predicted molar refractivity (Wildman–Crippen MR) is 74.1 cm³/mol. The molecule has 1 aromatic rings. The molecule has 2 amide bonds. The van der Waals surface area contributed by atoms with Crippen LogP contribution in [0.3, 0.4) is 0 Å². The van der Waals surface area contributed by atoms with Gasteiger partial charge in [0.1, 0.15) is 0 Å². The number of hydrogen-bond acceptors (Lipinski definition) is 3. The number of rotatable bonds is 2. The number of aliphatic hydroxyl groups excluding tert-OH is 1. The fraction of sp³-hybridized carbons (Fsp3) is 0.462. The number of nitrogens with zero attached hydrogens (tertiary/aromatic N) is 1. The van der Waals surface area contributed by atoms with Crippen molar-refractivity contribution in [2.45, 2.75) is 23.8 Å². The second-order valence-corrected chi connectivity index (χ2v) is 5.20. The highest BCUT2D eigenvalue weighted by atomic mass is 32.2. The summed E-state index contributed by atoms with van der Waals surface area (Å²) in [5.41, 5.74) is 0.848. The summed E-state index contributed by atoms with van der Waals surface area (Å²) < 4.78 is 0. The Hall–Kier alpha value is -1.20. The molecule has 2 N–H and O–H groups in total. The Balaban J connectivity index is 1.98. The Kier molecular flexibility index (Phi) is 4.49. The summed E-state index contributed by atoms with van der Waals surface area (Å²) in [6.07, 6.45) is 3.06. The quantitative estimate of drug-likeness (QED) is 0.808. The molecular formula is C13H18N2O2S. The lowest BCUT2D eigenvalue weighted by molar-refractivity contribution is 0.0972. The zero-order chi connectivity index (χ0) is 13.0. The summed E-state index contributed by atoms with van der Waals surface area (Å²) in [6, 6.07) is 7.68. The van der Waals surface area contributed by atoms with Crippen molar-refractivity contribution in [3.05, 3.63) is 24.3 Å². The predicted octanol–water partition coefficient (Wildman–Crippen LogP) is 2.40. The molecule has 0 aliphatic carbocycles. The number of para-hydroxylation sites is 1. The van der Waals surface area contributed by atoms with Crippen LogP contribution in [0.25, 0.3) is 0 Å². The second-order valence-electron chi connectivity index (χ2n) is 4.35. The minimum Gasteiger partial charge on any atom is -0.393 e. The number of likely N-dealkylation sites (tertiary alicyclic amines) is 1. The molecule has 0 radical (unpaired) electrons. The summed E-state index contributed by atoms with van der Waals surface area (Å²) in [5, 5.41) is 12.3. The van der Waals surface area contributed by atoms with Gasteiger partial charge in [0.25, 0.3) is 0 Å². The van der Waals surface area contributed by atoms with Gasteiger partial charge in [0.05, 0.1) is 11.8 Å². The molecule has 18 heavy (non-hydrogen) atoms. The van der Waals surface area contributed by atoms with E-state index in [0.717, 1.165) is 10.6 Å². The van der Waals surface area contributed by atoms with E-state index in [1.807, 2.05) is 30.5 Å². The normalized spacial score (nSPS) is 16.7. The van der Waals surface area contributed by atoms with Gasteiger partial charge in [-0.25, -0.2) is 4.79 Å². The second kappa shape index (κ2) is 6.11. The van der Waals surface area contributed by atoms with Gasteiger partial charge < -0.3 is 15.3 Å². The lowest BCUT2D eigenvalue weighted by Gasteiger charge is -2.29. The molecular weight excluding hydrogens is 248 g/mol. The fourth-order valence-electron chi connectivity index (χ4n) is 2.01. The summed E-state index contributed by atoms with van der Waals surface area (Å²) in [5.74, 6) is 0. The van der Waals surface area contributed by atoms with E-state index >= 15 is 0 Å². The molecule has 0 aromatic heterocycles. The first-order valence-corrected chi connectivity index (χ1v) is 7.30. The van der Waals surface area contributed by atoms with Gasteiger partial charge in [-0.3, -0.25) is 0 Å². The van der Waals surface area contributed by atoms with E-state index < -0.39 is 0 Å². The van der Waals surface area contributed by atoms with Gasteiger partial charge in [-0.2, -0.15) is 0 Å². The third kappa shape index (κ3) is 3.17. The van der Waals surface area contributed by atoms with Gasteiger partial charge in [0, 0.05) is 18.0 Å². The Morgan fingerprint density at radius 1 is 1.39 bits per heavy atom. The summed E-state index contributed by atoms with van der Waals surface area (Å²) in [4.78, 5) is 14.9. The lowest BCUT2D eigenvalue weighted by atomic mass is 10.1. The minimum absolute atomic E-state index is 0.0802. The van der Waals surface area contributed by atoms with Crippen LogP contribution in [0, 0.1) is 0 Å². The van der Waals surface area contributed by atoms with Crippen LogP contribution < -0.4 is 5.32 Å². The van der Waals surface area contributed by atoms with Gasteiger partial charge in [0.2, 0.25) is 0 Å². The number of carbonyl (C=O) groups is 1. The Morgan fingerprint density at radius 2 is 2.06 bits per heavy atom. The topological polar surface area (TPSA) is 52.6 Å². The molecule has 0 atom stereocenters. The highest BCUT2D eigenvalue weighted by Crippen LogP contribution is 2.25. The maximum absolute atomic E-state index is 12.1. The van der Waals surface area contributed by atoms with E-state index in [4.69, 9.17) is 0 Å². The number of nitrogens with one attached hydrogen (secondary N) is 1. The van der Waals surface area contributed by atoms with Crippen LogP contribution in [-0.2, 0) is 0 Å². The molecule has 2 rings (SSSR count). The molecule has 1 aliphatic rings. The third-order valence-corrected chi connectivity index (χ3v) is 3.90. The lowest BCUT2D eigenvalue weighted by Crippen LogP contribution is -2.42. The summed E-state index contributed by atoms with van der Waals surface area (Å²) in [6.45, 7) is 1.24. The highest BCUT2D eigenvalue weighted by Gasteiger charge is 2.21. The SMILES string of the molecule is CSc1ccccc1NC(=O)N1CCC(O)CC1. The Bertz CT molecular complexity index is 417. The van der Waals surface area contributed by atoms with E-state index in [1.165, 1.54) is 0 Å². The number of benzene rings is 1. The molecule has 1 saturated heterocycles. The maximum Gasteiger partial charge on any atom is 0.321 e. The molecule has 4 nitrogen and oxygen atoms in total. The number of piperidine rings is 1. The van der Waals surface area contributed by atoms with Crippen molar-refractivity contribution in [1.29, 1.82) is 0 Å². The number of anilines is 1. The molecule has 98 valence electrons. The van der Waals surface area contributed by atoms with Gasteiger partial charge in [-0.1, -0.05) is 12.1 Å². The summed E-state index contributed by atoms with van der Waals surface area (Å²) in [7, 11) is 0. The number of urea groups is 1. The van der Waals surface area contributed by atoms with Crippen molar-refractivity contribution in [3.63, 3.8) is 0 Å². The number of thioether (sulfide) groups is 1. The Morgan fingerprint density at radius 3 is 2.72 bits per heavy atom. The molecule has 1 aliphatic heterocycles. The molecule has 1 fully saturated rings. The first-order chi connectivity index (χ1) is 8.70. The molecule has 5 heteroatoms. The van der Waals surface area contributed by atoms with Crippen LogP contribution in [-0.4, -0.2) is 41.5 Å². The largest absolute Gasteiger partial charge is 0.393 e. The van der Waals surface area contributed by atoms with Crippen LogP contribution in [0.15, 0.2) is 29.2 Å². The minimum atomic E-state index is -0.257. The fourth-order valence-corrected chi connectivity index (χ4v) is 2.56. The standard InChI is InChI=1S/C13H18N2O2S/c1-18-12-5-3-2-4-11(12)14-13(17)15-8-6-10(16)7-9-15/h2-5,10,16H,6-9H2,1H3,(H,14,17). The maximum atomic E-state index is 12.1. The smallest absolute Gasteiger partial charge is 0.321 e. The molecule has 0 spiro atoms. The number of amides is 2. The zero-order valence-corrected chi connectivity index (χ0v) is 11.2. The molecule has 0 saturated carbocycles. The molecule has 0 unspecified atom stereocenters. The number of aliphatic hydroxyl groups is 1. The van der Waals surface area contributed by atoms with E-state index in [1.54, 1.807) is 16.7 Å². The van der Waals surface area contributed by atoms with Gasteiger partial charge in [-0.15, -0.1) is 11.8 Å². The van der Waals surface area contributed by atoms with Crippen molar-refractivity contribution in [3.8, 4) is 0 Å². The van der Waals surface area contributed by atoms with Gasteiger partial charge in [0.15, 0.2) is 0 Å². The number of carbonyl (C=O) groups excluding carboxylic acids is 1. The van der Waals surface area contributed by atoms with Gasteiger partial charge >= 0.3 is 6.03 Å². The van der Waals surface area contributed by atoms with E-state index in [9.17, 15) is 9.90 Å².